The molecule has 2 N–H and O–H groups in total. The lowest BCUT2D eigenvalue weighted by Crippen LogP contribution is -2.41. The first-order valence-electron chi connectivity index (χ1n) is 6.36. The largest absolute Gasteiger partial charge is 0.480 e. The van der Waals surface area contributed by atoms with Crippen molar-refractivity contribution in [2.45, 2.75) is 39.2 Å². The highest BCUT2D eigenvalue weighted by Crippen LogP contribution is 2.14. The normalized spacial score (nSPS) is 12.0. The van der Waals surface area contributed by atoms with Gasteiger partial charge >= 0.3 is 5.97 Å². The molecule has 20 heavy (non-hydrogen) atoms. The van der Waals surface area contributed by atoms with Crippen molar-refractivity contribution in [3.63, 3.8) is 0 Å². The Morgan fingerprint density at radius 1 is 1.30 bits per heavy atom. The summed E-state index contributed by atoms with van der Waals surface area (Å²) in [5, 5.41) is 11.2. The minimum Gasteiger partial charge on any atom is -0.480 e. The third-order valence-corrected chi connectivity index (χ3v) is 2.94. The molecule has 1 atom stereocenters. The van der Waals surface area contributed by atoms with Crippen molar-refractivity contribution >= 4 is 11.9 Å². The van der Waals surface area contributed by atoms with Crippen LogP contribution in [0.3, 0.4) is 0 Å². The second kappa shape index (κ2) is 6.98. The summed E-state index contributed by atoms with van der Waals surface area (Å²) >= 11 is 0. The van der Waals surface area contributed by atoms with Crippen LogP contribution in [0.2, 0.25) is 0 Å². The lowest BCUT2D eigenvalue weighted by molar-refractivity contribution is -0.139. The topological polar surface area (TPSA) is 66.4 Å². The maximum atomic E-state index is 13.5. The van der Waals surface area contributed by atoms with E-state index in [4.69, 9.17) is 5.11 Å². The predicted octanol–water partition coefficient (Wildman–Crippen LogP) is 2.65. The van der Waals surface area contributed by atoms with Crippen molar-refractivity contribution in [3.8, 4) is 0 Å². The number of rotatable bonds is 6. The number of unbranched alkanes of at least 4 members (excludes halogenated alkanes) is 1. The van der Waals surface area contributed by atoms with Gasteiger partial charge in [-0.2, -0.15) is 0 Å². The molecule has 1 amide bonds. The molecule has 1 rings (SSSR count). The van der Waals surface area contributed by atoms with Gasteiger partial charge in [-0.3, -0.25) is 4.79 Å². The molecular weight excluding hydrogens is 268 g/mol. The van der Waals surface area contributed by atoms with Gasteiger partial charge in [-0.1, -0.05) is 19.8 Å². The van der Waals surface area contributed by atoms with Crippen molar-refractivity contribution in [2.24, 2.45) is 0 Å². The number of carboxylic acids is 1. The van der Waals surface area contributed by atoms with Gasteiger partial charge in [0.25, 0.3) is 5.91 Å². The number of aliphatic carboxylic acids is 1. The number of carbonyl (C=O) groups is 2. The molecular formula is C14H17F2NO3. The van der Waals surface area contributed by atoms with E-state index >= 15 is 0 Å². The first kappa shape index (κ1) is 16.1. The molecule has 0 radical (unpaired) electrons. The molecule has 0 fully saturated rings. The maximum absolute atomic E-state index is 13.5. The van der Waals surface area contributed by atoms with Crippen LogP contribution in [0.4, 0.5) is 8.78 Å². The molecule has 0 saturated heterocycles. The van der Waals surface area contributed by atoms with E-state index in [0.29, 0.717) is 12.5 Å². The number of hydrogen-bond donors (Lipinski definition) is 2. The molecule has 110 valence electrons. The number of carboxylic acid groups (broad SMARTS) is 1. The smallest absolute Gasteiger partial charge is 0.326 e. The molecule has 0 saturated carbocycles. The van der Waals surface area contributed by atoms with Crippen LogP contribution in [0, 0.1) is 18.6 Å². The van der Waals surface area contributed by atoms with Crippen molar-refractivity contribution in [2.75, 3.05) is 0 Å². The number of hydrogen-bond acceptors (Lipinski definition) is 2. The third kappa shape index (κ3) is 4.01. The molecule has 1 aromatic rings. The Morgan fingerprint density at radius 2 is 1.95 bits per heavy atom. The summed E-state index contributed by atoms with van der Waals surface area (Å²) in [6.07, 6.45) is 1.67. The summed E-state index contributed by atoms with van der Waals surface area (Å²) in [6, 6.07) is 0.609. The molecule has 1 aromatic carbocycles. The molecule has 0 bridgehead atoms. The fourth-order valence-corrected chi connectivity index (χ4v) is 1.73. The minimum atomic E-state index is -1.17. The number of benzene rings is 1. The van der Waals surface area contributed by atoms with Gasteiger partial charge < -0.3 is 10.4 Å². The van der Waals surface area contributed by atoms with E-state index in [0.717, 1.165) is 12.5 Å². The first-order chi connectivity index (χ1) is 9.36. The van der Waals surface area contributed by atoms with Gasteiger partial charge in [-0.15, -0.1) is 0 Å². The van der Waals surface area contributed by atoms with E-state index in [-0.39, 0.29) is 17.5 Å². The Morgan fingerprint density at radius 3 is 2.50 bits per heavy atom. The van der Waals surface area contributed by atoms with E-state index in [2.05, 4.69) is 5.32 Å². The van der Waals surface area contributed by atoms with E-state index in [9.17, 15) is 18.4 Å². The zero-order valence-electron chi connectivity index (χ0n) is 11.4. The van der Waals surface area contributed by atoms with Crippen LogP contribution < -0.4 is 5.32 Å². The predicted molar refractivity (Wildman–Crippen MR) is 69.5 cm³/mol. The summed E-state index contributed by atoms with van der Waals surface area (Å²) < 4.78 is 26.7. The Labute approximate surface area is 115 Å². The molecule has 0 aliphatic rings. The maximum Gasteiger partial charge on any atom is 0.326 e. The van der Waals surface area contributed by atoms with Crippen LogP contribution in [0.1, 0.15) is 42.1 Å². The molecule has 4 nitrogen and oxygen atoms in total. The van der Waals surface area contributed by atoms with Crippen LogP contribution in [0.15, 0.2) is 12.1 Å². The van der Waals surface area contributed by atoms with Crippen LogP contribution in [0.25, 0.3) is 0 Å². The highest BCUT2D eigenvalue weighted by molar-refractivity contribution is 5.97. The van der Waals surface area contributed by atoms with Crippen molar-refractivity contribution in [3.05, 3.63) is 34.9 Å². The quantitative estimate of drug-likeness (QED) is 0.844. The van der Waals surface area contributed by atoms with Gasteiger partial charge in [0.05, 0.1) is 5.56 Å². The fraction of sp³-hybridized carbons (Fsp3) is 0.429. The fourth-order valence-electron chi connectivity index (χ4n) is 1.73. The van der Waals surface area contributed by atoms with Crippen molar-refractivity contribution in [1.29, 1.82) is 0 Å². The third-order valence-electron chi connectivity index (χ3n) is 2.94. The summed E-state index contributed by atoms with van der Waals surface area (Å²) in [5.41, 5.74) is -0.233. The summed E-state index contributed by atoms with van der Waals surface area (Å²) in [5.74, 6) is -3.79. The minimum absolute atomic E-state index is 0.122. The van der Waals surface area contributed by atoms with E-state index in [1.165, 1.54) is 6.92 Å². The highest BCUT2D eigenvalue weighted by atomic mass is 19.1. The van der Waals surface area contributed by atoms with Crippen LogP contribution >= 0.6 is 0 Å². The SMILES string of the molecule is CCCC[C@H](NC(=O)c1cc(C)c(F)cc1F)C(=O)O. The van der Waals surface area contributed by atoms with Gasteiger partial charge in [0.2, 0.25) is 0 Å². The number of carbonyl (C=O) groups excluding carboxylic acids is 1. The van der Waals surface area contributed by atoms with E-state index < -0.39 is 29.6 Å². The molecule has 0 aliphatic heterocycles. The molecule has 0 heterocycles. The number of halogens is 2. The van der Waals surface area contributed by atoms with Gasteiger partial charge in [0, 0.05) is 6.07 Å². The molecule has 6 heteroatoms. The summed E-state index contributed by atoms with van der Waals surface area (Å²) in [4.78, 5) is 22.9. The first-order valence-corrected chi connectivity index (χ1v) is 6.36. The van der Waals surface area contributed by atoms with Crippen LogP contribution in [-0.4, -0.2) is 23.0 Å². The Kier molecular flexibility index (Phi) is 5.61. The van der Waals surface area contributed by atoms with Crippen molar-refractivity contribution < 1.29 is 23.5 Å². The Balaban J connectivity index is 2.89. The standard InChI is InChI=1S/C14H17F2NO3/c1-3-4-5-12(14(19)20)17-13(18)9-6-8(2)10(15)7-11(9)16/h6-7,12H,3-5H2,1-2H3,(H,17,18)(H,19,20)/t12-/m0/s1. The zero-order valence-corrected chi connectivity index (χ0v) is 11.4. The average Bonchev–Trinajstić information content (AvgIpc) is 2.38. The molecule has 0 unspecified atom stereocenters. The lowest BCUT2D eigenvalue weighted by Gasteiger charge is -2.14. The average molecular weight is 285 g/mol. The van der Waals surface area contributed by atoms with Crippen LogP contribution in [0.5, 0.6) is 0 Å². The molecule has 0 aromatic heterocycles. The van der Waals surface area contributed by atoms with Gasteiger partial charge in [-0.05, 0) is 25.0 Å². The van der Waals surface area contributed by atoms with Gasteiger partial charge in [0.1, 0.15) is 17.7 Å². The lowest BCUT2D eigenvalue weighted by atomic mass is 10.1. The number of aryl methyl sites for hydroxylation is 1. The second-order valence-corrected chi connectivity index (χ2v) is 4.59. The number of amides is 1. The van der Waals surface area contributed by atoms with Crippen molar-refractivity contribution in [1.82, 2.24) is 5.32 Å². The molecule has 0 spiro atoms. The summed E-state index contributed by atoms with van der Waals surface area (Å²) in [7, 11) is 0. The van der Waals surface area contributed by atoms with Gasteiger partial charge in [-0.25, -0.2) is 13.6 Å². The summed E-state index contributed by atoms with van der Waals surface area (Å²) in [6.45, 7) is 3.29. The second-order valence-electron chi connectivity index (χ2n) is 4.59. The monoisotopic (exact) mass is 285 g/mol. The van der Waals surface area contributed by atoms with E-state index in [1.54, 1.807) is 0 Å². The highest BCUT2D eigenvalue weighted by Gasteiger charge is 2.22. The molecule has 0 aliphatic carbocycles. The Bertz CT molecular complexity index is 517. The van der Waals surface area contributed by atoms with E-state index in [1.807, 2.05) is 6.92 Å². The van der Waals surface area contributed by atoms with Gasteiger partial charge in [0.15, 0.2) is 0 Å². The Hall–Kier alpha value is -1.98. The van der Waals surface area contributed by atoms with Crippen LogP contribution in [-0.2, 0) is 4.79 Å². The number of nitrogens with one attached hydrogen (secondary N) is 1. The zero-order chi connectivity index (χ0) is 15.3.